The van der Waals surface area contributed by atoms with E-state index in [0.29, 0.717) is 27.1 Å². The average molecular weight is 450 g/mol. The lowest BCUT2D eigenvalue weighted by Crippen LogP contribution is -2.12. The van der Waals surface area contributed by atoms with Gasteiger partial charge in [-0.3, -0.25) is 4.79 Å². The van der Waals surface area contributed by atoms with Crippen molar-refractivity contribution >= 4 is 62.4 Å². The van der Waals surface area contributed by atoms with E-state index in [4.69, 9.17) is 16.3 Å². The zero-order chi connectivity index (χ0) is 16.3. The van der Waals surface area contributed by atoms with Gasteiger partial charge in [-0.15, -0.1) is 11.3 Å². The highest BCUT2D eigenvalue weighted by molar-refractivity contribution is 14.1. The van der Waals surface area contributed by atoms with Crippen molar-refractivity contribution in [2.75, 3.05) is 11.9 Å². The maximum atomic E-state index is 12.3. The first kappa shape index (κ1) is 17.2. The van der Waals surface area contributed by atoms with Gasteiger partial charge in [0.05, 0.1) is 17.2 Å². The van der Waals surface area contributed by atoms with Crippen LogP contribution in [-0.4, -0.2) is 18.5 Å². The van der Waals surface area contributed by atoms with Crippen LogP contribution in [0.25, 0.3) is 0 Å². The fraction of sp³-hybridized carbons (Fsp3) is 0.200. The van der Waals surface area contributed by atoms with E-state index in [-0.39, 0.29) is 11.9 Å². The van der Waals surface area contributed by atoms with Gasteiger partial charge in [0, 0.05) is 8.59 Å². The number of ether oxygens (including phenoxy) is 1. The highest BCUT2D eigenvalue weighted by Crippen LogP contribution is 2.28. The van der Waals surface area contributed by atoms with Crippen molar-refractivity contribution in [1.82, 2.24) is 0 Å². The number of thiophene rings is 1. The molecular formula is C15H13ClINO3S. The number of halogens is 2. The van der Waals surface area contributed by atoms with Crippen molar-refractivity contribution in [2.24, 2.45) is 0 Å². The SMILES string of the molecule is CCOC(=O)c1sc(NC(=O)c2ccc(Cl)cc2I)cc1C. The monoisotopic (exact) mass is 449 g/mol. The molecular weight excluding hydrogens is 437 g/mol. The van der Waals surface area contributed by atoms with Crippen molar-refractivity contribution in [3.8, 4) is 0 Å². The van der Waals surface area contributed by atoms with Crippen molar-refractivity contribution in [3.05, 3.63) is 48.9 Å². The molecule has 0 fully saturated rings. The van der Waals surface area contributed by atoms with Crippen LogP contribution >= 0.6 is 45.5 Å². The predicted octanol–water partition coefficient (Wildman–Crippen LogP) is 4.74. The number of rotatable bonds is 4. The van der Waals surface area contributed by atoms with E-state index in [2.05, 4.69) is 27.9 Å². The molecule has 1 aromatic carbocycles. The number of benzene rings is 1. The summed E-state index contributed by atoms with van der Waals surface area (Å²) in [5.41, 5.74) is 1.32. The second kappa shape index (κ2) is 7.43. The van der Waals surface area contributed by atoms with Crippen LogP contribution in [0, 0.1) is 10.5 Å². The smallest absolute Gasteiger partial charge is 0.348 e. The summed E-state index contributed by atoms with van der Waals surface area (Å²) in [7, 11) is 0. The van der Waals surface area contributed by atoms with Gasteiger partial charge in [-0.05, 0) is 66.3 Å². The maximum absolute atomic E-state index is 12.3. The van der Waals surface area contributed by atoms with Crippen LogP contribution in [-0.2, 0) is 4.74 Å². The van der Waals surface area contributed by atoms with Crippen molar-refractivity contribution in [1.29, 1.82) is 0 Å². The first-order valence-electron chi connectivity index (χ1n) is 6.46. The van der Waals surface area contributed by atoms with Gasteiger partial charge in [-0.25, -0.2) is 4.79 Å². The van der Waals surface area contributed by atoms with E-state index in [9.17, 15) is 9.59 Å². The standard InChI is InChI=1S/C15H13ClINO3S/c1-3-21-15(20)13-8(2)6-12(22-13)18-14(19)10-5-4-9(16)7-11(10)17/h4-7H,3H2,1-2H3,(H,18,19). The molecule has 116 valence electrons. The number of aryl methyl sites for hydroxylation is 1. The Balaban J connectivity index is 2.18. The number of nitrogens with one attached hydrogen (secondary N) is 1. The van der Waals surface area contributed by atoms with Crippen LogP contribution in [0.5, 0.6) is 0 Å². The second-order valence-corrected chi connectivity index (χ2v) is 7.07. The topological polar surface area (TPSA) is 55.4 Å². The van der Waals surface area contributed by atoms with Crippen LogP contribution in [0.1, 0.15) is 32.5 Å². The zero-order valence-corrected chi connectivity index (χ0v) is 15.6. The summed E-state index contributed by atoms with van der Waals surface area (Å²) in [4.78, 5) is 24.6. The summed E-state index contributed by atoms with van der Waals surface area (Å²) in [5.74, 6) is -0.607. The number of carbonyl (C=O) groups excluding carboxylic acids is 2. The summed E-state index contributed by atoms with van der Waals surface area (Å²) in [6.07, 6.45) is 0. The third kappa shape index (κ3) is 3.99. The first-order valence-corrected chi connectivity index (χ1v) is 8.73. The molecule has 0 radical (unpaired) electrons. The summed E-state index contributed by atoms with van der Waals surface area (Å²) >= 11 is 9.15. The van der Waals surface area contributed by atoms with Crippen molar-refractivity contribution in [2.45, 2.75) is 13.8 Å². The Morgan fingerprint density at radius 1 is 1.36 bits per heavy atom. The van der Waals surface area contributed by atoms with E-state index in [0.717, 1.165) is 9.13 Å². The second-order valence-electron chi connectivity index (χ2n) is 4.42. The summed E-state index contributed by atoms with van der Waals surface area (Å²) in [6, 6.07) is 6.83. The van der Waals surface area contributed by atoms with Gasteiger partial charge in [0.15, 0.2) is 0 Å². The fourth-order valence-electron chi connectivity index (χ4n) is 1.80. The van der Waals surface area contributed by atoms with Gasteiger partial charge in [0.25, 0.3) is 5.91 Å². The molecule has 0 saturated heterocycles. The molecule has 1 N–H and O–H groups in total. The molecule has 2 aromatic rings. The molecule has 0 aliphatic heterocycles. The number of carbonyl (C=O) groups is 2. The van der Waals surface area contributed by atoms with Crippen LogP contribution < -0.4 is 5.32 Å². The van der Waals surface area contributed by atoms with Gasteiger partial charge in [0.2, 0.25) is 0 Å². The number of hydrogen-bond acceptors (Lipinski definition) is 4. The first-order chi connectivity index (χ1) is 10.4. The zero-order valence-electron chi connectivity index (χ0n) is 11.9. The summed E-state index contributed by atoms with van der Waals surface area (Å²) in [5, 5.41) is 3.99. The largest absolute Gasteiger partial charge is 0.462 e. The molecule has 1 amide bonds. The molecule has 1 aromatic heterocycles. The van der Waals surface area contributed by atoms with Crippen LogP contribution in [0.2, 0.25) is 5.02 Å². The van der Waals surface area contributed by atoms with Gasteiger partial charge < -0.3 is 10.1 Å². The van der Waals surface area contributed by atoms with Crippen LogP contribution in [0.4, 0.5) is 5.00 Å². The lowest BCUT2D eigenvalue weighted by atomic mass is 10.2. The molecule has 22 heavy (non-hydrogen) atoms. The number of hydrogen-bond donors (Lipinski definition) is 1. The van der Waals surface area contributed by atoms with E-state index in [1.807, 2.05) is 6.92 Å². The lowest BCUT2D eigenvalue weighted by molar-refractivity contribution is 0.0531. The highest BCUT2D eigenvalue weighted by Gasteiger charge is 2.17. The molecule has 0 unspecified atom stereocenters. The van der Waals surface area contributed by atoms with Crippen LogP contribution in [0.15, 0.2) is 24.3 Å². The number of esters is 1. The Morgan fingerprint density at radius 3 is 2.73 bits per heavy atom. The van der Waals surface area contributed by atoms with E-state index in [1.54, 1.807) is 31.2 Å². The van der Waals surface area contributed by atoms with Crippen molar-refractivity contribution in [3.63, 3.8) is 0 Å². The molecule has 4 nitrogen and oxygen atoms in total. The molecule has 1 heterocycles. The third-order valence-corrected chi connectivity index (χ3v) is 5.05. The normalized spacial score (nSPS) is 10.4. The van der Waals surface area contributed by atoms with Crippen LogP contribution in [0.3, 0.4) is 0 Å². The molecule has 0 spiro atoms. The molecule has 2 rings (SSSR count). The minimum Gasteiger partial charge on any atom is -0.462 e. The quantitative estimate of drug-likeness (QED) is 0.542. The minimum absolute atomic E-state index is 0.238. The van der Waals surface area contributed by atoms with E-state index in [1.165, 1.54) is 11.3 Å². The molecule has 0 saturated carbocycles. The van der Waals surface area contributed by atoms with Gasteiger partial charge in [0.1, 0.15) is 4.88 Å². The summed E-state index contributed by atoms with van der Waals surface area (Å²) in [6.45, 7) is 3.89. The number of amides is 1. The summed E-state index contributed by atoms with van der Waals surface area (Å²) < 4.78 is 5.75. The molecule has 0 aliphatic carbocycles. The van der Waals surface area contributed by atoms with Crippen molar-refractivity contribution < 1.29 is 14.3 Å². The Morgan fingerprint density at radius 2 is 2.09 bits per heavy atom. The maximum Gasteiger partial charge on any atom is 0.348 e. The molecule has 0 aliphatic rings. The Bertz CT molecular complexity index is 730. The highest BCUT2D eigenvalue weighted by atomic mass is 127. The average Bonchev–Trinajstić information content (AvgIpc) is 2.79. The number of anilines is 1. The third-order valence-electron chi connectivity index (χ3n) is 2.79. The van der Waals surface area contributed by atoms with E-state index >= 15 is 0 Å². The molecule has 0 atom stereocenters. The van der Waals surface area contributed by atoms with E-state index < -0.39 is 0 Å². The molecule has 7 heteroatoms. The Labute approximate surface area is 151 Å². The Kier molecular flexibility index (Phi) is 5.82. The predicted molar refractivity (Wildman–Crippen MR) is 97.1 cm³/mol. The van der Waals surface area contributed by atoms with Gasteiger partial charge in [-0.1, -0.05) is 11.6 Å². The van der Waals surface area contributed by atoms with Gasteiger partial charge >= 0.3 is 5.97 Å². The fourth-order valence-corrected chi connectivity index (χ4v) is 3.87. The van der Waals surface area contributed by atoms with Gasteiger partial charge in [-0.2, -0.15) is 0 Å². The lowest BCUT2D eigenvalue weighted by Gasteiger charge is -2.05. The Hall–Kier alpha value is -1.12. The minimum atomic E-state index is -0.369. The molecule has 0 bridgehead atoms.